The molecule has 1 aromatic rings. The fraction of sp³-hybridized carbons (Fsp3) is 0.652. The van der Waals surface area contributed by atoms with Crippen LogP contribution in [0.25, 0.3) is 0 Å². The molecule has 5 nitrogen and oxygen atoms in total. The van der Waals surface area contributed by atoms with Crippen LogP contribution in [0.5, 0.6) is 5.75 Å². The highest BCUT2D eigenvalue weighted by Gasteiger charge is 2.62. The normalized spacial score (nSPS) is 28.2. The Bertz CT molecular complexity index is 727. The van der Waals surface area contributed by atoms with E-state index in [0.29, 0.717) is 29.1 Å². The Balaban J connectivity index is 1.47. The van der Waals surface area contributed by atoms with Gasteiger partial charge in [0.15, 0.2) is 6.54 Å². The number of likely N-dealkylation sites (N-methyl/N-ethyl adjacent to an activating group) is 1. The minimum absolute atomic E-state index is 0.0207. The lowest BCUT2D eigenvalue weighted by Gasteiger charge is -2.38. The van der Waals surface area contributed by atoms with Crippen molar-refractivity contribution >= 4 is 11.9 Å². The van der Waals surface area contributed by atoms with Crippen molar-refractivity contribution in [3.8, 4) is 5.75 Å². The molecule has 0 unspecified atom stereocenters. The summed E-state index contributed by atoms with van der Waals surface area (Å²) in [5, 5.41) is 0. The summed E-state index contributed by atoms with van der Waals surface area (Å²) < 4.78 is 11.7. The molecule has 5 heteroatoms. The van der Waals surface area contributed by atoms with Crippen LogP contribution in [0.2, 0.25) is 0 Å². The average Bonchev–Trinajstić information content (AvgIpc) is 2.94. The number of esters is 2. The Morgan fingerprint density at radius 3 is 2.36 bits per heavy atom. The van der Waals surface area contributed by atoms with E-state index >= 15 is 0 Å². The second-order valence-corrected chi connectivity index (χ2v) is 9.94. The Hall–Kier alpha value is -1.88. The largest absolute Gasteiger partial charge is 0.462 e. The number of carbonyl (C=O) groups is 2. The first-order chi connectivity index (χ1) is 13.0. The number of quaternary nitrogens is 1. The predicted octanol–water partition coefficient (Wildman–Crippen LogP) is 3.82. The van der Waals surface area contributed by atoms with Crippen molar-refractivity contribution in [2.75, 3.05) is 27.2 Å². The quantitative estimate of drug-likeness (QED) is 0.405. The zero-order valence-corrected chi connectivity index (χ0v) is 17.9. The van der Waals surface area contributed by atoms with Gasteiger partial charge in [-0.25, -0.2) is 4.79 Å². The highest BCUT2D eigenvalue weighted by molar-refractivity contribution is 5.73. The Morgan fingerprint density at radius 1 is 1.11 bits per heavy atom. The molecule has 0 N–H and O–H groups in total. The molecule has 3 atom stereocenters. The molecule has 154 valence electrons. The van der Waals surface area contributed by atoms with Gasteiger partial charge < -0.3 is 14.0 Å². The second-order valence-electron chi connectivity index (χ2n) is 9.94. The molecule has 2 bridgehead atoms. The standard InChI is InChI=1S/C23H34NO4/c1-22(2)17-11-13-23(22,3)19(15-17)28-20(25)12-14-24(4,5)16-21(26)27-18-9-7-6-8-10-18/h6-10,17,19H,11-16H2,1-5H3/q+1/t17-,19-,23-/m1/s1. The minimum atomic E-state index is -0.299. The molecule has 0 radical (unpaired) electrons. The fourth-order valence-corrected chi connectivity index (χ4v) is 5.00. The van der Waals surface area contributed by atoms with Crippen molar-refractivity contribution in [2.45, 2.75) is 52.6 Å². The van der Waals surface area contributed by atoms with E-state index in [1.165, 1.54) is 6.42 Å². The minimum Gasteiger partial charge on any atom is -0.462 e. The molecule has 0 amide bonds. The predicted molar refractivity (Wildman–Crippen MR) is 108 cm³/mol. The second kappa shape index (κ2) is 7.51. The smallest absolute Gasteiger partial charge is 0.367 e. The zero-order valence-electron chi connectivity index (χ0n) is 17.9. The number of nitrogens with zero attached hydrogens (tertiary/aromatic N) is 1. The van der Waals surface area contributed by atoms with Crippen LogP contribution in [0.4, 0.5) is 0 Å². The van der Waals surface area contributed by atoms with Gasteiger partial charge >= 0.3 is 11.9 Å². The van der Waals surface area contributed by atoms with E-state index in [0.717, 1.165) is 12.8 Å². The van der Waals surface area contributed by atoms with Gasteiger partial charge in [-0.3, -0.25) is 4.79 Å². The molecule has 1 aromatic carbocycles. The Labute approximate surface area is 168 Å². The third-order valence-electron chi connectivity index (χ3n) is 7.44. The molecule has 0 aliphatic heterocycles. The number of benzene rings is 1. The summed E-state index contributed by atoms with van der Waals surface area (Å²) in [6, 6.07) is 9.05. The summed E-state index contributed by atoms with van der Waals surface area (Å²) in [4.78, 5) is 24.7. The van der Waals surface area contributed by atoms with E-state index in [2.05, 4.69) is 20.8 Å². The van der Waals surface area contributed by atoms with E-state index in [1.54, 1.807) is 12.1 Å². The average molecular weight is 389 g/mol. The summed E-state index contributed by atoms with van der Waals surface area (Å²) >= 11 is 0. The summed E-state index contributed by atoms with van der Waals surface area (Å²) in [6.45, 7) is 7.66. The van der Waals surface area contributed by atoms with Crippen LogP contribution >= 0.6 is 0 Å². The summed E-state index contributed by atoms with van der Waals surface area (Å²) in [7, 11) is 3.86. The summed E-state index contributed by atoms with van der Waals surface area (Å²) in [6.07, 6.45) is 3.69. The van der Waals surface area contributed by atoms with Gasteiger partial charge in [-0.05, 0) is 42.7 Å². The van der Waals surface area contributed by atoms with Gasteiger partial charge in [0.25, 0.3) is 0 Å². The van der Waals surface area contributed by atoms with Crippen LogP contribution in [0, 0.1) is 16.7 Å². The molecular weight excluding hydrogens is 354 g/mol. The maximum atomic E-state index is 12.5. The maximum absolute atomic E-state index is 12.5. The van der Waals surface area contributed by atoms with E-state index in [4.69, 9.17) is 9.47 Å². The molecule has 0 aromatic heterocycles. The maximum Gasteiger partial charge on any atom is 0.367 e. The van der Waals surface area contributed by atoms with Gasteiger partial charge in [-0.15, -0.1) is 0 Å². The molecule has 3 rings (SSSR count). The lowest BCUT2D eigenvalue weighted by Crippen LogP contribution is -2.46. The first-order valence-electron chi connectivity index (χ1n) is 10.3. The molecule has 0 spiro atoms. The van der Waals surface area contributed by atoms with Crippen molar-refractivity contribution in [1.29, 1.82) is 0 Å². The van der Waals surface area contributed by atoms with Crippen LogP contribution in [0.3, 0.4) is 0 Å². The first kappa shape index (κ1) is 20.8. The van der Waals surface area contributed by atoms with Gasteiger partial charge in [-0.1, -0.05) is 39.0 Å². The number of hydrogen-bond donors (Lipinski definition) is 0. The molecule has 0 saturated heterocycles. The number of ether oxygens (including phenoxy) is 2. The SMILES string of the molecule is CC1(C)[C@@H]2CC[C@]1(C)[C@H](OC(=O)CC[N+](C)(C)CC(=O)Oc1ccccc1)C2. The molecule has 2 saturated carbocycles. The van der Waals surface area contributed by atoms with Gasteiger partial charge in [0.2, 0.25) is 0 Å². The van der Waals surface area contributed by atoms with Gasteiger partial charge in [0.05, 0.1) is 27.1 Å². The summed E-state index contributed by atoms with van der Waals surface area (Å²) in [5.41, 5.74) is 0.311. The van der Waals surface area contributed by atoms with E-state index in [1.807, 2.05) is 32.3 Å². The van der Waals surface area contributed by atoms with Crippen LogP contribution in [-0.2, 0) is 14.3 Å². The molecule has 2 aliphatic carbocycles. The number of carbonyl (C=O) groups excluding carboxylic acids is 2. The zero-order chi connectivity index (χ0) is 20.6. The van der Waals surface area contributed by atoms with E-state index in [9.17, 15) is 9.59 Å². The van der Waals surface area contributed by atoms with Gasteiger partial charge in [-0.2, -0.15) is 0 Å². The Kier molecular flexibility index (Phi) is 5.59. The molecule has 2 aliphatic rings. The Morgan fingerprint density at radius 2 is 1.79 bits per heavy atom. The monoisotopic (exact) mass is 388 g/mol. The highest BCUT2D eigenvalue weighted by Crippen LogP contribution is 2.66. The summed E-state index contributed by atoms with van der Waals surface area (Å²) in [5.74, 6) is 0.735. The lowest BCUT2D eigenvalue weighted by molar-refractivity contribution is -0.882. The van der Waals surface area contributed by atoms with Crippen molar-refractivity contribution < 1.29 is 23.5 Å². The van der Waals surface area contributed by atoms with Crippen LogP contribution in [-0.4, -0.2) is 49.7 Å². The number of rotatable bonds is 7. The molecular formula is C23H34NO4+. The third kappa shape index (κ3) is 4.09. The van der Waals surface area contributed by atoms with Crippen molar-refractivity contribution in [2.24, 2.45) is 16.7 Å². The number of hydrogen-bond acceptors (Lipinski definition) is 4. The van der Waals surface area contributed by atoms with Crippen LogP contribution in [0.1, 0.15) is 46.5 Å². The number of para-hydroxylation sites is 1. The number of fused-ring (bicyclic) bond motifs is 2. The van der Waals surface area contributed by atoms with E-state index < -0.39 is 0 Å². The van der Waals surface area contributed by atoms with Crippen LogP contribution in [0.15, 0.2) is 30.3 Å². The van der Waals surface area contributed by atoms with Crippen molar-refractivity contribution in [3.05, 3.63) is 30.3 Å². The highest BCUT2D eigenvalue weighted by atomic mass is 16.5. The van der Waals surface area contributed by atoms with E-state index in [-0.39, 0.29) is 35.4 Å². The molecule has 2 fully saturated rings. The van der Waals surface area contributed by atoms with Crippen LogP contribution < -0.4 is 4.74 Å². The topological polar surface area (TPSA) is 52.6 Å². The third-order valence-corrected chi connectivity index (χ3v) is 7.44. The van der Waals surface area contributed by atoms with Gasteiger partial charge in [0, 0.05) is 5.41 Å². The van der Waals surface area contributed by atoms with Gasteiger partial charge in [0.1, 0.15) is 11.9 Å². The fourth-order valence-electron chi connectivity index (χ4n) is 5.00. The molecule has 0 heterocycles. The van der Waals surface area contributed by atoms with Crippen molar-refractivity contribution in [1.82, 2.24) is 0 Å². The molecule has 28 heavy (non-hydrogen) atoms. The lowest BCUT2D eigenvalue weighted by atomic mass is 9.70. The van der Waals surface area contributed by atoms with Crippen molar-refractivity contribution in [3.63, 3.8) is 0 Å². The first-order valence-corrected chi connectivity index (χ1v) is 10.3.